The second-order valence-corrected chi connectivity index (χ2v) is 23.8. The van der Waals surface area contributed by atoms with Gasteiger partial charge in [-0.2, -0.15) is 0 Å². The number of benzene rings is 7. The molecule has 0 bridgehead atoms. The van der Waals surface area contributed by atoms with Gasteiger partial charge < -0.3 is 9.13 Å². The number of fused-ring (bicyclic) bond motifs is 6. The Morgan fingerprint density at radius 1 is 0.333 bits per heavy atom. The van der Waals surface area contributed by atoms with Gasteiger partial charge in [-0.15, -0.1) is 0 Å². The van der Waals surface area contributed by atoms with Crippen LogP contribution in [-0.4, -0.2) is 29.1 Å². The molecule has 0 saturated heterocycles. The first kappa shape index (κ1) is 46.7. The largest absolute Gasteiger partial charge is 0.309 e. The maximum Gasteiger partial charge on any atom is 0.164 e. The fourth-order valence-corrected chi connectivity index (χ4v) is 10.3. The van der Waals surface area contributed by atoms with Crippen molar-refractivity contribution < 1.29 is 0 Å². The third-order valence-electron chi connectivity index (χ3n) is 14.5. The summed E-state index contributed by atoms with van der Waals surface area (Å²) in [5.41, 5.74) is 16.4. The van der Waals surface area contributed by atoms with Gasteiger partial charge in [-0.25, -0.2) is 15.0 Å². The molecular formula is C66H64N6. The van der Waals surface area contributed by atoms with Crippen LogP contribution in [0.2, 0.25) is 0 Å². The molecule has 6 heteroatoms. The lowest BCUT2D eigenvalue weighted by atomic mass is 9.85. The van der Waals surface area contributed by atoms with Crippen molar-refractivity contribution in [3.8, 4) is 56.7 Å². The second kappa shape index (κ2) is 17.0. The molecule has 0 amide bonds. The minimum absolute atomic E-state index is 0.0209. The Kier molecular flexibility index (Phi) is 11.0. The molecule has 0 aliphatic heterocycles. The van der Waals surface area contributed by atoms with Gasteiger partial charge in [0.1, 0.15) is 0 Å². The molecule has 6 nitrogen and oxygen atoms in total. The lowest BCUT2D eigenvalue weighted by Gasteiger charge is -2.20. The summed E-state index contributed by atoms with van der Waals surface area (Å²) in [4.78, 5) is 20.7. The molecule has 358 valence electrons. The van der Waals surface area contributed by atoms with E-state index < -0.39 is 0 Å². The van der Waals surface area contributed by atoms with E-state index in [1.165, 1.54) is 43.8 Å². The maximum absolute atomic E-state index is 5.34. The number of rotatable bonds is 6. The van der Waals surface area contributed by atoms with E-state index in [-0.39, 0.29) is 21.7 Å². The topological polar surface area (TPSA) is 61.4 Å². The normalized spacial score (nSPS) is 12.7. The molecule has 4 heterocycles. The number of hydrogen-bond donors (Lipinski definition) is 0. The Balaban J connectivity index is 1.24. The summed E-state index contributed by atoms with van der Waals surface area (Å²) in [6.45, 7) is 27.5. The zero-order chi connectivity index (χ0) is 50.5. The second-order valence-electron chi connectivity index (χ2n) is 23.8. The van der Waals surface area contributed by atoms with E-state index >= 15 is 0 Å². The molecule has 11 aromatic rings. The Hall–Kier alpha value is -7.70. The van der Waals surface area contributed by atoms with Gasteiger partial charge in [0, 0.05) is 61.9 Å². The van der Waals surface area contributed by atoms with E-state index in [0.717, 1.165) is 61.3 Å². The van der Waals surface area contributed by atoms with Crippen LogP contribution in [0.1, 0.15) is 105 Å². The molecule has 0 N–H and O–H groups in total. The maximum atomic E-state index is 5.34. The molecule has 4 aromatic heterocycles. The van der Waals surface area contributed by atoms with E-state index in [1.54, 1.807) is 0 Å². The summed E-state index contributed by atoms with van der Waals surface area (Å²) in [6.07, 6.45) is 3.95. The molecular weight excluding hydrogens is 877 g/mol. The molecule has 0 unspecified atom stereocenters. The van der Waals surface area contributed by atoms with Crippen LogP contribution in [-0.2, 0) is 21.7 Å². The van der Waals surface area contributed by atoms with Crippen molar-refractivity contribution >= 4 is 43.6 Å². The molecule has 72 heavy (non-hydrogen) atoms. The van der Waals surface area contributed by atoms with Crippen LogP contribution >= 0.6 is 0 Å². The van der Waals surface area contributed by atoms with Crippen LogP contribution in [0.25, 0.3) is 100 Å². The first-order valence-corrected chi connectivity index (χ1v) is 25.4. The molecule has 0 saturated carbocycles. The van der Waals surface area contributed by atoms with Crippen LogP contribution in [0.5, 0.6) is 0 Å². The number of pyridine rings is 1. The summed E-state index contributed by atoms with van der Waals surface area (Å²) in [5.74, 6) is 1.80. The molecule has 0 fully saturated rings. The van der Waals surface area contributed by atoms with Crippen LogP contribution in [0.3, 0.4) is 0 Å². The molecule has 11 rings (SSSR count). The van der Waals surface area contributed by atoms with Crippen molar-refractivity contribution in [2.75, 3.05) is 0 Å². The minimum Gasteiger partial charge on any atom is -0.309 e. The van der Waals surface area contributed by atoms with Crippen LogP contribution in [0.4, 0.5) is 0 Å². The zero-order valence-electron chi connectivity index (χ0n) is 43.8. The molecule has 0 atom stereocenters. The third-order valence-corrected chi connectivity index (χ3v) is 14.5. The number of nitrogens with zero attached hydrogens (tertiary/aromatic N) is 6. The zero-order valence-corrected chi connectivity index (χ0v) is 43.8. The highest BCUT2D eigenvalue weighted by molar-refractivity contribution is 6.12. The van der Waals surface area contributed by atoms with Crippen LogP contribution in [0, 0.1) is 0 Å². The monoisotopic (exact) mass is 941 g/mol. The fraction of sp³-hybridized carbons (Fsp3) is 0.242. The van der Waals surface area contributed by atoms with Crippen molar-refractivity contribution in [2.24, 2.45) is 0 Å². The SMILES string of the molecule is CC(C)(C)c1ccc2c(c1)c1cc(C(C)(C)C)ccc1n2-c1ccc(-c2nc(-c3ccccc3)nc(-c3ccccc3)n2)c(-c2cnccc2-n2c3ccc(C(C)(C)C)cc3c3cc(C(C)(C)C)ccc32)c1. The lowest BCUT2D eigenvalue weighted by Crippen LogP contribution is -2.10. The third kappa shape index (κ3) is 8.26. The van der Waals surface area contributed by atoms with Gasteiger partial charge in [0.15, 0.2) is 17.5 Å². The Morgan fingerprint density at radius 3 is 1.12 bits per heavy atom. The van der Waals surface area contributed by atoms with Crippen LogP contribution in [0.15, 0.2) is 170 Å². The van der Waals surface area contributed by atoms with E-state index in [4.69, 9.17) is 19.9 Å². The molecule has 0 aliphatic carbocycles. The van der Waals surface area contributed by atoms with Crippen molar-refractivity contribution in [1.29, 1.82) is 0 Å². The molecule has 7 aromatic carbocycles. The highest BCUT2D eigenvalue weighted by Gasteiger charge is 2.26. The molecule has 0 spiro atoms. The molecule has 0 aliphatic rings. The first-order chi connectivity index (χ1) is 34.2. The van der Waals surface area contributed by atoms with E-state index in [0.29, 0.717) is 17.5 Å². The van der Waals surface area contributed by atoms with Crippen molar-refractivity contribution in [3.63, 3.8) is 0 Å². The Labute approximate surface area is 424 Å². The predicted octanol–water partition coefficient (Wildman–Crippen LogP) is 17.3. The summed E-state index contributed by atoms with van der Waals surface area (Å²) in [7, 11) is 0. The van der Waals surface area contributed by atoms with Crippen molar-refractivity contribution in [2.45, 2.75) is 105 Å². The average molecular weight is 941 g/mol. The van der Waals surface area contributed by atoms with Crippen molar-refractivity contribution in [1.82, 2.24) is 29.1 Å². The van der Waals surface area contributed by atoms with Crippen LogP contribution < -0.4 is 0 Å². The van der Waals surface area contributed by atoms with Gasteiger partial charge in [0.25, 0.3) is 0 Å². The van der Waals surface area contributed by atoms with Gasteiger partial charge in [0.05, 0.1) is 27.8 Å². The van der Waals surface area contributed by atoms with E-state index in [2.05, 4.69) is 214 Å². The van der Waals surface area contributed by atoms with E-state index in [9.17, 15) is 0 Å². The van der Waals surface area contributed by atoms with Gasteiger partial charge >= 0.3 is 0 Å². The highest BCUT2D eigenvalue weighted by atomic mass is 15.0. The fourth-order valence-electron chi connectivity index (χ4n) is 10.3. The Morgan fingerprint density at radius 2 is 0.722 bits per heavy atom. The highest BCUT2D eigenvalue weighted by Crippen LogP contribution is 2.44. The average Bonchev–Trinajstić information content (AvgIpc) is 3.87. The van der Waals surface area contributed by atoms with Crippen molar-refractivity contribution in [3.05, 3.63) is 192 Å². The molecule has 0 radical (unpaired) electrons. The minimum atomic E-state index is -0.0292. The number of aromatic nitrogens is 6. The summed E-state index contributed by atoms with van der Waals surface area (Å²) in [5, 5.41) is 4.94. The first-order valence-electron chi connectivity index (χ1n) is 25.4. The predicted molar refractivity (Wildman–Crippen MR) is 303 cm³/mol. The lowest BCUT2D eigenvalue weighted by molar-refractivity contribution is 0.590. The summed E-state index contributed by atoms with van der Waals surface area (Å²) in [6, 6.07) is 57.5. The quantitative estimate of drug-likeness (QED) is 0.167. The standard InChI is InChI=1S/C66H64N6/c1-63(2,3)43-23-29-55-50(35-43)51-36-44(64(4,5)6)24-30-56(51)71(55)47-27-28-48(62-69-60(41-19-15-13-16-20-41)68-61(70-62)42-21-17-14-18-22-42)49(39-47)54-40-67-34-33-59(54)72-57-31-25-45(65(7,8)9)37-52(57)53-38-46(66(10,11)12)26-32-58(53)72/h13-40H,1-12H3. The van der Waals surface area contributed by atoms with E-state index in [1.807, 2.05) is 48.8 Å². The van der Waals surface area contributed by atoms with Gasteiger partial charge in [-0.3, -0.25) is 4.98 Å². The Bertz CT molecular complexity index is 3680. The summed E-state index contributed by atoms with van der Waals surface area (Å²) < 4.78 is 4.88. The van der Waals surface area contributed by atoms with Gasteiger partial charge in [-0.1, -0.05) is 168 Å². The van der Waals surface area contributed by atoms with Gasteiger partial charge in [-0.05, 0) is 122 Å². The smallest absolute Gasteiger partial charge is 0.164 e. The summed E-state index contributed by atoms with van der Waals surface area (Å²) >= 11 is 0. The number of hydrogen-bond acceptors (Lipinski definition) is 4. The van der Waals surface area contributed by atoms with Gasteiger partial charge in [0.2, 0.25) is 0 Å².